The minimum atomic E-state index is 0.234. The lowest BCUT2D eigenvalue weighted by atomic mass is 9.96. The number of nitrogens with one attached hydrogen (secondary N) is 1. The monoisotopic (exact) mass is 206 g/mol. The van der Waals surface area contributed by atoms with Crippen molar-refractivity contribution in [2.75, 3.05) is 19.7 Å². The number of pyridine rings is 1. The first-order valence-electron chi connectivity index (χ1n) is 5.64. The van der Waals surface area contributed by atoms with Gasteiger partial charge in [-0.05, 0) is 24.6 Å². The Balaban J connectivity index is 2.01. The van der Waals surface area contributed by atoms with Gasteiger partial charge in [-0.25, -0.2) is 0 Å². The van der Waals surface area contributed by atoms with Crippen molar-refractivity contribution in [3.8, 4) is 0 Å². The topological polar surface area (TPSA) is 34.1 Å². The molecule has 2 rings (SSSR count). The number of hydrogen-bond acceptors (Lipinski definition) is 3. The van der Waals surface area contributed by atoms with E-state index < -0.39 is 0 Å². The van der Waals surface area contributed by atoms with E-state index in [1.165, 1.54) is 5.56 Å². The lowest BCUT2D eigenvalue weighted by molar-refractivity contribution is 0.0904. The Bertz CT molecular complexity index is 289. The SMILES string of the molecule is CCNCC1CCOC1c1cccnc1. The maximum absolute atomic E-state index is 5.77. The van der Waals surface area contributed by atoms with Crippen LogP contribution < -0.4 is 5.32 Å². The smallest absolute Gasteiger partial charge is 0.0880 e. The van der Waals surface area contributed by atoms with Crippen LogP contribution in [0.5, 0.6) is 0 Å². The van der Waals surface area contributed by atoms with E-state index in [1.54, 1.807) is 6.20 Å². The van der Waals surface area contributed by atoms with Crippen LogP contribution in [-0.4, -0.2) is 24.7 Å². The van der Waals surface area contributed by atoms with Crippen molar-refractivity contribution in [1.82, 2.24) is 10.3 Å². The summed E-state index contributed by atoms with van der Waals surface area (Å²) in [4.78, 5) is 4.14. The van der Waals surface area contributed by atoms with Crippen LogP contribution in [0.25, 0.3) is 0 Å². The van der Waals surface area contributed by atoms with Crippen LogP contribution in [0, 0.1) is 5.92 Å². The third-order valence-electron chi connectivity index (χ3n) is 2.88. The van der Waals surface area contributed by atoms with Gasteiger partial charge in [0.1, 0.15) is 0 Å². The van der Waals surface area contributed by atoms with Crippen LogP contribution in [0.4, 0.5) is 0 Å². The molecule has 3 nitrogen and oxygen atoms in total. The molecule has 3 heteroatoms. The third-order valence-corrected chi connectivity index (χ3v) is 2.88. The molecule has 0 aromatic carbocycles. The van der Waals surface area contributed by atoms with Crippen molar-refractivity contribution in [3.05, 3.63) is 30.1 Å². The summed E-state index contributed by atoms with van der Waals surface area (Å²) < 4.78 is 5.77. The molecule has 1 aromatic rings. The molecule has 15 heavy (non-hydrogen) atoms. The highest BCUT2D eigenvalue weighted by molar-refractivity contribution is 5.14. The summed E-state index contributed by atoms with van der Waals surface area (Å²) in [6, 6.07) is 4.07. The van der Waals surface area contributed by atoms with Crippen molar-refractivity contribution in [1.29, 1.82) is 0 Å². The van der Waals surface area contributed by atoms with Crippen LogP contribution >= 0.6 is 0 Å². The quantitative estimate of drug-likeness (QED) is 0.815. The molecule has 2 atom stereocenters. The van der Waals surface area contributed by atoms with E-state index >= 15 is 0 Å². The molecule has 1 N–H and O–H groups in total. The molecular formula is C12H18N2O. The van der Waals surface area contributed by atoms with Crippen molar-refractivity contribution < 1.29 is 4.74 Å². The van der Waals surface area contributed by atoms with Crippen LogP contribution in [-0.2, 0) is 4.74 Å². The first-order chi connectivity index (χ1) is 7.42. The lowest BCUT2D eigenvalue weighted by Crippen LogP contribution is -2.24. The zero-order valence-corrected chi connectivity index (χ0v) is 9.15. The fourth-order valence-electron chi connectivity index (χ4n) is 2.09. The molecular weight excluding hydrogens is 188 g/mol. The zero-order chi connectivity index (χ0) is 10.5. The zero-order valence-electron chi connectivity index (χ0n) is 9.15. The Morgan fingerprint density at radius 3 is 3.27 bits per heavy atom. The number of hydrogen-bond donors (Lipinski definition) is 1. The van der Waals surface area contributed by atoms with Crippen LogP contribution in [0.3, 0.4) is 0 Å². The van der Waals surface area contributed by atoms with Gasteiger partial charge in [-0.3, -0.25) is 4.98 Å². The van der Waals surface area contributed by atoms with Gasteiger partial charge in [-0.1, -0.05) is 13.0 Å². The summed E-state index contributed by atoms with van der Waals surface area (Å²) in [6.45, 7) is 5.07. The Labute approximate surface area is 90.9 Å². The summed E-state index contributed by atoms with van der Waals surface area (Å²) in [5, 5.41) is 3.39. The van der Waals surface area contributed by atoms with Gasteiger partial charge in [0.05, 0.1) is 6.10 Å². The van der Waals surface area contributed by atoms with Crippen LogP contribution in [0.1, 0.15) is 25.0 Å². The first kappa shape index (κ1) is 10.6. The van der Waals surface area contributed by atoms with E-state index in [-0.39, 0.29) is 6.10 Å². The second-order valence-corrected chi connectivity index (χ2v) is 3.93. The second-order valence-electron chi connectivity index (χ2n) is 3.93. The molecule has 0 amide bonds. The normalized spacial score (nSPS) is 25.7. The summed E-state index contributed by atoms with van der Waals surface area (Å²) in [5.74, 6) is 0.592. The van der Waals surface area contributed by atoms with E-state index in [2.05, 4.69) is 23.3 Å². The molecule has 0 radical (unpaired) electrons. The van der Waals surface area contributed by atoms with Crippen LogP contribution in [0.15, 0.2) is 24.5 Å². The van der Waals surface area contributed by atoms with E-state index in [4.69, 9.17) is 4.74 Å². The predicted molar refractivity (Wildman–Crippen MR) is 59.6 cm³/mol. The predicted octanol–water partition coefficient (Wildman–Crippen LogP) is 1.77. The van der Waals surface area contributed by atoms with E-state index in [0.717, 1.165) is 26.1 Å². The molecule has 1 saturated heterocycles. The summed E-state index contributed by atoms with van der Waals surface area (Å²) >= 11 is 0. The summed E-state index contributed by atoms with van der Waals surface area (Å²) in [5.41, 5.74) is 1.21. The van der Waals surface area contributed by atoms with Gasteiger partial charge < -0.3 is 10.1 Å². The average molecular weight is 206 g/mol. The van der Waals surface area contributed by atoms with Gasteiger partial charge in [0, 0.05) is 31.5 Å². The number of rotatable bonds is 4. The molecule has 1 fully saturated rings. The molecule has 0 saturated carbocycles. The first-order valence-corrected chi connectivity index (χ1v) is 5.64. The molecule has 2 unspecified atom stereocenters. The van der Waals surface area contributed by atoms with Gasteiger partial charge >= 0.3 is 0 Å². The Hall–Kier alpha value is -0.930. The van der Waals surface area contributed by atoms with E-state index in [9.17, 15) is 0 Å². The standard InChI is InChI=1S/C12H18N2O/c1-2-13-8-11-5-7-15-12(11)10-4-3-6-14-9-10/h3-4,6,9,11-13H,2,5,7-8H2,1H3. The molecule has 82 valence electrons. The maximum Gasteiger partial charge on any atom is 0.0880 e. The number of ether oxygens (including phenoxy) is 1. The van der Waals surface area contributed by atoms with Gasteiger partial charge in [-0.15, -0.1) is 0 Å². The molecule has 1 aliphatic rings. The van der Waals surface area contributed by atoms with Crippen LogP contribution in [0.2, 0.25) is 0 Å². The average Bonchev–Trinajstić information content (AvgIpc) is 2.75. The van der Waals surface area contributed by atoms with E-state index in [0.29, 0.717) is 5.92 Å². The fourth-order valence-corrected chi connectivity index (χ4v) is 2.09. The molecule has 2 heterocycles. The van der Waals surface area contributed by atoms with Gasteiger partial charge in [0.2, 0.25) is 0 Å². The van der Waals surface area contributed by atoms with E-state index in [1.807, 2.05) is 12.3 Å². The Morgan fingerprint density at radius 1 is 1.60 bits per heavy atom. The molecule has 1 aliphatic heterocycles. The fraction of sp³-hybridized carbons (Fsp3) is 0.583. The minimum Gasteiger partial charge on any atom is -0.373 e. The lowest BCUT2D eigenvalue weighted by Gasteiger charge is -2.18. The maximum atomic E-state index is 5.77. The highest BCUT2D eigenvalue weighted by Crippen LogP contribution is 2.33. The van der Waals surface area contributed by atoms with Gasteiger partial charge in [0.25, 0.3) is 0 Å². The third kappa shape index (κ3) is 2.55. The molecule has 0 bridgehead atoms. The second kappa shape index (κ2) is 5.24. The van der Waals surface area contributed by atoms with Gasteiger partial charge in [-0.2, -0.15) is 0 Å². The minimum absolute atomic E-state index is 0.234. The Morgan fingerprint density at radius 2 is 2.53 bits per heavy atom. The van der Waals surface area contributed by atoms with Crippen molar-refractivity contribution in [3.63, 3.8) is 0 Å². The largest absolute Gasteiger partial charge is 0.373 e. The molecule has 0 aliphatic carbocycles. The number of aromatic nitrogens is 1. The molecule has 1 aromatic heterocycles. The van der Waals surface area contributed by atoms with Crippen molar-refractivity contribution >= 4 is 0 Å². The van der Waals surface area contributed by atoms with Gasteiger partial charge in [0.15, 0.2) is 0 Å². The van der Waals surface area contributed by atoms with Crippen molar-refractivity contribution in [2.24, 2.45) is 5.92 Å². The van der Waals surface area contributed by atoms with Crippen molar-refractivity contribution in [2.45, 2.75) is 19.4 Å². The Kier molecular flexibility index (Phi) is 3.69. The summed E-state index contributed by atoms with van der Waals surface area (Å²) in [6.07, 6.45) is 5.09. The highest BCUT2D eigenvalue weighted by Gasteiger charge is 2.29. The summed E-state index contributed by atoms with van der Waals surface area (Å²) in [7, 11) is 0. The number of nitrogens with zero attached hydrogens (tertiary/aromatic N) is 1. The highest BCUT2D eigenvalue weighted by atomic mass is 16.5. The molecule has 0 spiro atoms.